The number of nitrogens with one attached hydrogen (secondary N) is 1. The van der Waals surface area contributed by atoms with Crippen molar-refractivity contribution in [1.29, 1.82) is 0 Å². The second kappa shape index (κ2) is 7.11. The Bertz CT molecular complexity index is 490. The molecule has 0 saturated heterocycles. The zero-order valence-electron chi connectivity index (χ0n) is 12.3. The van der Waals surface area contributed by atoms with Crippen LogP contribution < -0.4 is 10.2 Å². The molecule has 1 saturated carbocycles. The number of hydrogen-bond donors (Lipinski definition) is 2. The Morgan fingerprint density at radius 1 is 1.24 bits per heavy atom. The van der Waals surface area contributed by atoms with Crippen LogP contribution in [0.1, 0.15) is 19.3 Å². The molecule has 0 spiro atoms. The maximum atomic E-state index is 12.0. The van der Waals surface area contributed by atoms with Gasteiger partial charge in [-0.3, -0.25) is 9.59 Å². The zero-order valence-corrected chi connectivity index (χ0v) is 12.3. The molecule has 114 valence electrons. The van der Waals surface area contributed by atoms with Crippen molar-refractivity contribution in [2.75, 3.05) is 25.0 Å². The number of rotatable bonds is 6. The summed E-state index contributed by atoms with van der Waals surface area (Å²) >= 11 is 0. The number of aliphatic carboxylic acids is 1. The largest absolute Gasteiger partial charge is 0.481 e. The number of benzene rings is 1. The molecule has 5 heteroatoms. The molecule has 2 N–H and O–H groups in total. The number of para-hydroxylation sites is 1. The molecule has 1 aromatic carbocycles. The number of carboxylic acid groups (broad SMARTS) is 1. The molecule has 1 aliphatic carbocycles. The van der Waals surface area contributed by atoms with Crippen molar-refractivity contribution in [3.05, 3.63) is 30.3 Å². The number of anilines is 1. The second-order valence-corrected chi connectivity index (χ2v) is 5.59. The first kappa shape index (κ1) is 15.4. The summed E-state index contributed by atoms with van der Waals surface area (Å²) in [6.45, 7) is 1.29. The van der Waals surface area contributed by atoms with Crippen LogP contribution in [0.3, 0.4) is 0 Å². The van der Waals surface area contributed by atoms with E-state index in [-0.39, 0.29) is 17.7 Å². The van der Waals surface area contributed by atoms with Crippen LogP contribution in [0.2, 0.25) is 0 Å². The van der Waals surface area contributed by atoms with Gasteiger partial charge >= 0.3 is 5.97 Å². The summed E-state index contributed by atoms with van der Waals surface area (Å²) in [6.07, 6.45) is 1.75. The van der Waals surface area contributed by atoms with Crippen molar-refractivity contribution in [3.63, 3.8) is 0 Å². The lowest BCUT2D eigenvalue weighted by molar-refractivity contribution is -0.141. The van der Waals surface area contributed by atoms with Gasteiger partial charge in [0.1, 0.15) is 0 Å². The molecule has 2 unspecified atom stereocenters. The van der Waals surface area contributed by atoms with Crippen molar-refractivity contribution in [3.8, 4) is 0 Å². The molecule has 1 amide bonds. The van der Waals surface area contributed by atoms with Crippen LogP contribution in [0.15, 0.2) is 30.3 Å². The van der Waals surface area contributed by atoms with Gasteiger partial charge in [0.15, 0.2) is 0 Å². The van der Waals surface area contributed by atoms with Gasteiger partial charge in [0.25, 0.3) is 0 Å². The third-order valence-electron chi connectivity index (χ3n) is 4.10. The van der Waals surface area contributed by atoms with E-state index in [1.54, 1.807) is 0 Å². The molecule has 1 aliphatic rings. The van der Waals surface area contributed by atoms with Crippen LogP contribution in [0.25, 0.3) is 0 Å². The van der Waals surface area contributed by atoms with E-state index in [0.29, 0.717) is 25.8 Å². The number of carbonyl (C=O) groups is 2. The van der Waals surface area contributed by atoms with Crippen LogP contribution >= 0.6 is 0 Å². The van der Waals surface area contributed by atoms with Gasteiger partial charge in [-0.15, -0.1) is 0 Å². The molecular weight excluding hydrogens is 268 g/mol. The van der Waals surface area contributed by atoms with Gasteiger partial charge in [0.2, 0.25) is 5.91 Å². The number of carbonyl (C=O) groups excluding carboxylic acids is 1. The molecule has 2 rings (SSSR count). The summed E-state index contributed by atoms with van der Waals surface area (Å²) in [6, 6.07) is 9.98. The van der Waals surface area contributed by atoms with Gasteiger partial charge in [-0.1, -0.05) is 18.2 Å². The second-order valence-electron chi connectivity index (χ2n) is 5.59. The van der Waals surface area contributed by atoms with Crippen LogP contribution in [0.4, 0.5) is 5.69 Å². The number of hydrogen-bond acceptors (Lipinski definition) is 3. The number of amides is 1. The van der Waals surface area contributed by atoms with Crippen molar-refractivity contribution in [2.45, 2.75) is 19.3 Å². The molecule has 0 aromatic heterocycles. The van der Waals surface area contributed by atoms with Crippen molar-refractivity contribution < 1.29 is 14.7 Å². The summed E-state index contributed by atoms with van der Waals surface area (Å²) in [5.41, 5.74) is 1.11. The molecule has 1 fully saturated rings. The Morgan fingerprint density at radius 3 is 2.52 bits per heavy atom. The summed E-state index contributed by atoms with van der Waals surface area (Å²) in [5, 5.41) is 11.9. The Kier molecular flexibility index (Phi) is 5.20. The van der Waals surface area contributed by atoms with E-state index in [9.17, 15) is 9.59 Å². The fraction of sp³-hybridized carbons (Fsp3) is 0.500. The van der Waals surface area contributed by atoms with Crippen molar-refractivity contribution in [1.82, 2.24) is 5.32 Å². The first-order valence-corrected chi connectivity index (χ1v) is 7.34. The van der Waals surface area contributed by atoms with Gasteiger partial charge in [-0.2, -0.15) is 0 Å². The summed E-state index contributed by atoms with van der Waals surface area (Å²) in [4.78, 5) is 25.0. The minimum atomic E-state index is -0.783. The maximum Gasteiger partial charge on any atom is 0.306 e. The van der Waals surface area contributed by atoms with E-state index in [1.807, 2.05) is 37.4 Å². The molecule has 0 aliphatic heterocycles. The fourth-order valence-electron chi connectivity index (χ4n) is 2.75. The summed E-state index contributed by atoms with van der Waals surface area (Å²) < 4.78 is 0. The number of carboxylic acids is 1. The Balaban J connectivity index is 1.71. The summed E-state index contributed by atoms with van der Waals surface area (Å²) in [5.74, 6) is -1.30. The Hall–Kier alpha value is -2.04. The predicted octanol–water partition coefficient (Wildman–Crippen LogP) is 1.74. The molecule has 21 heavy (non-hydrogen) atoms. The molecule has 5 nitrogen and oxygen atoms in total. The standard InChI is InChI=1S/C16H22N2O3/c1-18(14-5-3-2-4-6-14)10-9-17-15(19)12-7-8-13(11-12)16(20)21/h2-6,12-13H,7-11H2,1H3,(H,17,19)(H,20,21). The maximum absolute atomic E-state index is 12.0. The van der Waals surface area contributed by atoms with Crippen LogP contribution in [-0.4, -0.2) is 37.1 Å². The van der Waals surface area contributed by atoms with Gasteiger partial charge < -0.3 is 15.3 Å². The highest BCUT2D eigenvalue weighted by Crippen LogP contribution is 2.31. The van der Waals surface area contributed by atoms with E-state index in [1.165, 1.54) is 0 Å². The lowest BCUT2D eigenvalue weighted by Gasteiger charge is -2.20. The minimum Gasteiger partial charge on any atom is -0.481 e. The first-order chi connectivity index (χ1) is 10.1. The zero-order chi connectivity index (χ0) is 15.2. The normalized spacial score (nSPS) is 21.0. The van der Waals surface area contributed by atoms with Gasteiger partial charge in [-0.25, -0.2) is 0 Å². The first-order valence-electron chi connectivity index (χ1n) is 7.34. The molecule has 0 heterocycles. The quantitative estimate of drug-likeness (QED) is 0.837. The van der Waals surface area contributed by atoms with Gasteiger partial charge in [0.05, 0.1) is 5.92 Å². The van der Waals surface area contributed by atoms with E-state index >= 15 is 0 Å². The van der Waals surface area contributed by atoms with Crippen molar-refractivity contribution in [2.24, 2.45) is 11.8 Å². The fourth-order valence-corrected chi connectivity index (χ4v) is 2.75. The highest BCUT2D eigenvalue weighted by Gasteiger charge is 2.33. The van der Waals surface area contributed by atoms with E-state index in [0.717, 1.165) is 12.2 Å². The van der Waals surface area contributed by atoms with E-state index < -0.39 is 5.97 Å². The van der Waals surface area contributed by atoms with Crippen LogP contribution in [-0.2, 0) is 9.59 Å². The monoisotopic (exact) mass is 290 g/mol. The lowest BCUT2D eigenvalue weighted by atomic mass is 10.0. The Morgan fingerprint density at radius 2 is 1.90 bits per heavy atom. The topological polar surface area (TPSA) is 69.6 Å². The van der Waals surface area contributed by atoms with Gasteiger partial charge in [-0.05, 0) is 31.4 Å². The van der Waals surface area contributed by atoms with Crippen LogP contribution in [0, 0.1) is 11.8 Å². The predicted molar refractivity (Wildman–Crippen MR) is 81.2 cm³/mol. The minimum absolute atomic E-state index is 0.0137. The molecule has 0 radical (unpaired) electrons. The lowest BCUT2D eigenvalue weighted by Crippen LogP contribution is -2.36. The highest BCUT2D eigenvalue weighted by molar-refractivity contribution is 5.80. The average Bonchev–Trinajstić information content (AvgIpc) is 2.98. The van der Waals surface area contributed by atoms with Gasteiger partial charge in [0, 0.05) is 31.7 Å². The SMILES string of the molecule is CN(CCNC(=O)C1CCC(C(=O)O)C1)c1ccccc1. The van der Waals surface area contributed by atoms with E-state index in [4.69, 9.17) is 5.11 Å². The smallest absolute Gasteiger partial charge is 0.306 e. The Labute approximate surface area is 125 Å². The third kappa shape index (κ3) is 4.21. The van der Waals surface area contributed by atoms with E-state index in [2.05, 4.69) is 10.2 Å². The average molecular weight is 290 g/mol. The van der Waals surface area contributed by atoms with Crippen LogP contribution in [0.5, 0.6) is 0 Å². The summed E-state index contributed by atoms with van der Waals surface area (Å²) in [7, 11) is 1.98. The van der Waals surface area contributed by atoms with Crippen molar-refractivity contribution >= 4 is 17.6 Å². The molecular formula is C16H22N2O3. The number of nitrogens with zero attached hydrogens (tertiary/aromatic N) is 1. The highest BCUT2D eigenvalue weighted by atomic mass is 16.4. The molecule has 1 aromatic rings. The number of likely N-dealkylation sites (N-methyl/N-ethyl adjacent to an activating group) is 1. The third-order valence-corrected chi connectivity index (χ3v) is 4.10. The molecule has 0 bridgehead atoms. The molecule has 2 atom stereocenters.